The van der Waals surface area contributed by atoms with Crippen molar-refractivity contribution < 1.29 is 4.79 Å². The third kappa shape index (κ3) is 3.07. The van der Waals surface area contributed by atoms with E-state index in [-0.39, 0.29) is 11.2 Å². The average molecular weight is 209 g/mol. The minimum Gasteiger partial charge on any atom is -0.369 e. The number of nitrogens with two attached hydrogens (primary N) is 1. The highest BCUT2D eigenvalue weighted by atomic mass is 32.2. The molecule has 0 radical (unpaired) electrons. The molecule has 2 nitrogen and oxygen atoms in total. The second-order valence-electron chi connectivity index (χ2n) is 3.23. The Labute approximate surface area is 88.9 Å². The number of hydrogen-bond acceptors (Lipinski definition) is 2. The van der Waals surface area contributed by atoms with Crippen molar-refractivity contribution in [1.82, 2.24) is 0 Å². The summed E-state index contributed by atoms with van der Waals surface area (Å²) in [6, 6.07) is 10.1. The highest BCUT2D eigenvalue weighted by molar-refractivity contribution is 8.00. The molecule has 1 amide bonds. The van der Waals surface area contributed by atoms with Crippen LogP contribution in [-0.4, -0.2) is 11.2 Å². The fourth-order valence-corrected chi connectivity index (χ4v) is 2.24. The van der Waals surface area contributed by atoms with Gasteiger partial charge in [0.2, 0.25) is 5.91 Å². The van der Waals surface area contributed by atoms with Crippen LogP contribution in [0.3, 0.4) is 0 Å². The quantitative estimate of drug-likeness (QED) is 0.827. The van der Waals surface area contributed by atoms with Crippen LogP contribution >= 0.6 is 11.8 Å². The molecule has 1 aromatic carbocycles. The van der Waals surface area contributed by atoms with Crippen molar-refractivity contribution in [2.24, 2.45) is 5.73 Å². The molecule has 0 aliphatic heterocycles. The minimum atomic E-state index is -0.252. The van der Waals surface area contributed by atoms with E-state index in [1.54, 1.807) is 11.8 Å². The number of amides is 1. The fourth-order valence-electron chi connectivity index (χ4n) is 1.18. The number of thioether (sulfide) groups is 1. The lowest BCUT2D eigenvalue weighted by Gasteiger charge is -2.14. The summed E-state index contributed by atoms with van der Waals surface area (Å²) in [6.45, 7) is 3.92. The topological polar surface area (TPSA) is 43.1 Å². The second-order valence-corrected chi connectivity index (χ2v) is 4.92. The molecule has 3 heteroatoms. The van der Waals surface area contributed by atoms with Gasteiger partial charge in [-0.25, -0.2) is 0 Å². The molecular weight excluding hydrogens is 194 g/mol. The van der Waals surface area contributed by atoms with Gasteiger partial charge in [-0.1, -0.05) is 30.3 Å². The first-order valence-corrected chi connectivity index (χ1v) is 5.55. The zero-order valence-electron chi connectivity index (χ0n) is 8.44. The van der Waals surface area contributed by atoms with Crippen molar-refractivity contribution in [2.75, 3.05) is 0 Å². The van der Waals surface area contributed by atoms with E-state index < -0.39 is 0 Å². The SMILES string of the molecule is CC(SC(C)c1ccccc1)C(N)=O. The number of carbonyl (C=O) groups is 1. The number of hydrogen-bond donors (Lipinski definition) is 1. The Morgan fingerprint density at radius 3 is 2.36 bits per heavy atom. The monoisotopic (exact) mass is 209 g/mol. The molecule has 0 heterocycles. The third-order valence-electron chi connectivity index (χ3n) is 2.08. The van der Waals surface area contributed by atoms with E-state index in [1.165, 1.54) is 5.56 Å². The third-order valence-corrected chi connectivity index (χ3v) is 3.40. The Balaban J connectivity index is 2.59. The summed E-state index contributed by atoms with van der Waals surface area (Å²) in [6.07, 6.45) is 0. The zero-order chi connectivity index (χ0) is 10.6. The molecule has 1 aromatic rings. The summed E-state index contributed by atoms with van der Waals surface area (Å²) in [7, 11) is 0. The summed E-state index contributed by atoms with van der Waals surface area (Å²) in [5, 5.41) is 0.170. The largest absolute Gasteiger partial charge is 0.369 e. The molecule has 0 spiro atoms. The maximum Gasteiger partial charge on any atom is 0.230 e. The smallest absolute Gasteiger partial charge is 0.230 e. The molecule has 0 saturated carbocycles. The molecule has 76 valence electrons. The number of carbonyl (C=O) groups excluding carboxylic acids is 1. The lowest BCUT2D eigenvalue weighted by molar-refractivity contribution is -0.117. The van der Waals surface area contributed by atoms with Crippen molar-refractivity contribution in [2.45, 2.75) is 24.3 Å². The van der Waals surface area contributed by atoms with Gasteiger partial charge in [-0.2, -0.15) is 0 Å². The van der Waals surface area contributed by atoms with Crippen LogP contribution in [0.25, 0.3) is 0 Å². The van der Waals surface area contributed by atoms with Gasteiger partial charge in [0.15, 0.2) is 0 Å². The summed E-state index contributed by atoms with van der Waals surface area (Å²) in [4.78, 5) is 10.9. The predicted octanol–water partition coefficient (Wildman–Crippen LogP) is 2.35. The van der Waals surface area contributed by atoms with E-state index in [0.717, 1.165) is 0 Å². The highest BCUT2D eigenvalue weighted by Crippen LogP contribution is 2.31. The van der Waals surface area contributed by atoms with Crippen molar-refractivity contribution in [3.63, 3.8) is 0 Å². The number of primary amides is 1. The first kappa shape index (κ1) is 11.1. The van der Waals surface area contributed by atoms with Gasteiger partial charge in [-0.05, 0) is 19.4 Å². The first-order valence-electron chi connectivity index (χ1n) is 4.61. The van der Waals surface area contributed by atoms with E-state index in [2.05, 4.69) is 19.1 Å². The molecule has 1 rings (SSSR count). The zero-order valence-corrected chi connectivity index (χ0v) is 9.25. The van der Waals surface area contributed by atoms with E-state index >= 15 is 0 Å². The normalized spacial score (nSPS) is 14.7. The van der Waals surface area contributed by atoms with Gasteiger partial charge in [0, 0.05) is 5.25 Å². The van der Waals surface area contributed by atoms with Gasteiger partial charge in [0.25, 0.3) is 0 Å². The van der Waals surface area contributed by atoms with Crippen LogP contribution in [-0.2, 0) is 4.79 Å². The van der Waals surface area contributed by atoms with Gasteiger partial charge in [-0.3, -0.25) is 4.79 Å². The molecule has 2 N–H and O–H groups in total. The van der Waals surface area contributed by atoms with E-state index in [4.69, 9.17) is 5.73 Å². The van der Waals surface area contributed by atoms with Crippen molar-refractivity contribution in [3.05, 3.63) is 35.9 Å². The predicted molar refractivity (Wildman–Crippen MR) is 61.1 cm³/mol. The molecule has 0 bridgehead atoms. The maximum absolute atomic E-state index is 10.9. The fraction of sp³-hybridized carbons (Fsp3) is 0.364. The molecule has 14 heavy (non-hydrogen) atoms. The second kappa shape index (κ2) is 5.05. The molecule has 0 aromatic heterocycles. The van der Waals surface area contributed by atoms with Gasteiger partial charge in [-0.15, -0.1) is 11.8 Å². The van der Waals surface area contributed by atoms with Crippen LogP contribution < -0.4 is 5.73 Å². The highest BCUT2D eigenvalue weighted by Gasteiger charge is 2.14. The van der Waals surface area contributed by atoms with E-state index in [1.807, 2.05) is 25.1 Å². The lowest BCUT2D eigenvalue weighted by Crippen LogP contribution is -2.23. The van der Waals surface area contributed by atoms with Crippen molar-refractivity contribution >= 4 is 17.7 Å². The van der Waals surface area contributed by atoms with Gasteiger partial charge >= 0.3 is 0 Å². The Bertz CT molecular complexity index is 299. The summed E-state index contributed by atoms with van der Waals surface area (Å²) >= 11 is 1.59. The molecule has 0 fully saturated rings. The first-order chi connectivity index (χ1) is 6.61. The van der Waals surface area contributed by atoms with Gasteiger partial charge in [0.05, 0.1) is 5.25 Å². The Kier molecular flexibility index (Phi) is 4.01. The number of rotatable bonds is 4. The standard InChI is InChI=1S/C11H15NOS/c1-8(14-9(2)11(12)13)10-6-4-3-5-7-10/h3-9H,1-2H3,(H2,12,13). The Morgan fingerprint density at radius 2 is 1.86 bits per heavy atom. The van der Waals surface area contributed by atoms with Gasteiger partial charge in [0.1, 0.15) is 0 Å². The lowest BCUT2D eigenvalue weighted by atomic mass is 10.2. The molecular formula is C11H15NOS. The van der Waals surface area contributed by atoms with Crippen LogP contribution in [0, 0.1) is 0 Å². The molecule has 2 atom stereocenters. The van der Waals surface area contributed by atoms with Gasteiger partial charge < -0.3 is 5.73 Å². The summed E-state index contributed by atoms with van der Waals surface area (Å²) in [5.74, 6) is -0.252. The molecule has 0 saturated heterocycles. The van der Waals surface area contributed by atoms with Crippen LogP contribution in [0.15, 0.2) is 30.3 Å². The molecule has 2 unspecified atom stereocenters. The summed E-state index contributed by atoms with van der Waals surface area (Å²) in [5.41, 5.74) is 6.43. The van der Waals surface area contributed by atoms with E-state index in [9.17, 15) is 4.79 Å². The minimum absolute atomic E-state index is 0.134. The number of benzene rings is 1. The van der Waals surface area contributed by atoms with Crippen molar-refractivity contribution in [1.29, 1.82) is 0 Å². The maximum atomic E-state index is 10.9. The van der Waals surface area contributed by atoms with Crippen molar-refractivity contribution in [3.8, 4) is 0 Å². The average Bonchev–Trinajstić information content (AvgIpc) is 2.19. The summed E-state index contributed by atoms with van der Waals surface area (Å²) < 4.78 is 0. The Morgan fingerprint density at radius 1 is 1.29 bits per heavy atom. The van der Waals surface area contributed by atoms with Crippen LogP contribution in [0.5, 0.6) is 0 Å². The van der Waals surface area contributed by atoms with Crippen LogP contribution in [0.4, 0.5) is 0 Å². The molecule has 0 aliphatic rings. The molecule has 0 aliphatic carbocycles. The van der Waals surface area contributed by atoms with Crippen LogP contribution in [0.2, 0.25) is 0 Å². The van der Waals surface area contributed by atoms with E-state index in [0.29, 0.717) is 5.25 Å². The Hall–Kier alpha value is -0.960. The van der Waals surface area contributed by atoms with Crippen LogP contribution in [0.1, 0.15) is 24.7 Å².